The van der Waals surface area contributed by atoms with E-state index in [0.717, 1.165) is 24.0 Å². The maximum Gasteiger partial charge on any atom is 0.197 e. The molecule has 0 saturated heterocycles. The van der Waals surface area contributed by atoms with E-state index in [1.54, 1.807) is 0 Å². The average molecular weight is 366 g/mol. The fourth-order valence-corrected chi connectivity index (χ4v) is 3.13. The fraction of sp³-hybridized carbons (Fsp3) is 0.458. The van der Waals surface area contributed by atoms with Crippen LogP contribution in [0, 0.1) is 11.3 Å². The zero-order valence-electron chi connectivity index (χ0n) is 16.4. The molecule has 0 fully saturated rings. The molecule has 3 heteroatoms. The minimum absolute atomic E-state index is 0.655. The van der Waals surface area contributed by atoms with Crippen LogP contribution < -0.4 is 4.74 Å². The SMILES string of the molecule is CCCCCCCCCCC(O)Oc1ccc(-c2ccc(C#N)cc2)cc1. The smallest absolute Gasteiger partial charge is 0.197 e. The van der Waals surface area contributed by atoms with Gasteiger partial charge in [0.05, 0.1) is 11.6 Å². The van der Waals surface area contributed by atoms with Gasteiger partial charge in [-0.1, -0.05) is 76.1 Å². The second-order valence-corrected chi connectivity index (χ2v) is 7.05. The lowest BCUT2D eigenvalue weighted by atomic mass is 10.0. The number of benzene rings is 2. The molecule has 2 aromatic carbocycles. The minimum atomic E-state index is -0.745. The quantitative estimate of drug-likeness (QED) is 0.347. The van der Waals surface area contributed by atoms with E-state index in [1.165, 1.54) is 38.5 Å². The van der Waals surface area contributed by atoms with Crippen LogP contribution in [-0.4, -0.2) is 11.4 Å². The number of hydrogen-bond donors (Lipinski definition) is 1. The average Bonchev–Trinajstić information content (AvgIpc) is 2.70. The minimum Gasteiger partial charge on any atom is -0.465 e. The lowest BCUT2D eigenvalue weighted by Crippen LogP contribution is -2.15. The van der Waals surface area contributed by atoms with E-state index in [-0.39, 0.29) is 0 Å². The molecule has 2 rings (SSSR count). The zero-order valence-corrected chi connectivity index (χ0v) is 16.4. The topological polar surface area (TPSA) is 53.2 Å². The fourth-order valence-electron chi connectivity index (χ4n) is 3.13. The first-order chi connectivity index (χ1) is 13.2. The Balaban J connectivity index is 1.68. The van der Waals surface area contributed by atoms with Crippen molar-refractivity contribution in [3.63, 3.8) is 0 Å². The summed E-state index contributed by atoms with van der Waals surface area (Å²) in [4.78, 5) is 0. The van der Waals surface area contributed by atoms with Gasteiger partial charge in [-0.2, -0.15) is 5.26 Å². The molecule has 0 heterocycles. The van der Waals surface area contributed by atoms with Gasteiger partial charge in [-0.05, 0) is 41.8 Å². The number of aliphatic hydroxyl groups excluding tert-OH is 1. The van der Waals surface area contributed by atoms with Gasteiger partial charge in [-0.15, -0.1) is 0 Å². The van der Waals surface area contributed by atoms with Crippen molar-refractivity contribution in [2.24, 2.45) is 0 Å². The monoisotopic (exact) mass is 365 g/mol. The van der Waals surface area contributed by atoms with E-state index < -0.39 is 6.29 Å². The van der Waals surface area contributed by atoms with Crippen molar-refractivity contribution in [2.75, 3.05) is 0 Å². The number of nitriles is 1. The molecular weight excluding hydrogens is 334 g/mol. The van der Waals surface area contributed by atoms with Crippen molar-refractivity contribution in [1.82, 2.24) is 0 Å². The summed E-state index contributed by atoms with van der Waals surface area (Å²) in [6, 6.07) is 17.3. The van der Waals surface area contributed by atoms with Crippen LogP contribution >= 0.6 is 0 Å². The first-order valence-electron chi connectivity index (χ1n) is 10.2. The predicted octanol–water partition coefficient (Wildman–Crippen LogP) is 6.45. The Bertz CT molecular complexity index is 686. The maximum atomic E-state index is 10.1. The highest BCUT2D eigenvalue weighted by Gasteiger charge is 2.06. The van der Waals surface area contributed by atoms with Crippen LogP contribution in [0.4, 0.5) is 0 Å². The van der Waals surface area contributed by atoms with Crippen LogP contribution in [0.5, 0.6) is 5.75 Å². The molecule has 1 unspecified atom stereocenters. The summed E-state index contributed by atoms with van der Waals surface area (Å²) in [6.07, 6.45) is 9.94. The summed E-state index contributed by atoms with van der Waals surface area (Å²) in [6.45, 7) is 2.24. The number of rotatable bonds is 12. The van der Waals surface area contributed by atoms with Gasteiger partial charge in [-0.25, -0.2) is 0 Å². The molecule has 1 N–H and O–H groups in total. The molecule has 27 heavy (non-hydrogen) atoms. The maximum absolute atomic E-state index is 10.1. The molecule has 0 amide bonds. The van der Waals surface area contributed by atoms with Crippen molar-refractivity contribution in [2.45, 2.75) is 71.0 Å². The van der Waals surface area contributed by atoms with Crippen LogP contribution in [0.15, 0.2) is 48.5 Å². The molecule has 3 nitrogen and oxygen atoms in total. The summed E-state index contributed by atoms with van der Waals surface area (Å²) >= 11 is 0. The highest BCUT2D eigenvalue weighted by Crippen LogP contribution is 2.23. The largest absolute Gasteiger partial charge is 0.465 e. The first kappa shape index (κ1) is 21.0. The first-order valence-corrected chi connectivity index (χ1v) is 10.2. The number of nitrogens with zero attached hydrogens (tertiary/aromatic N) is 1. The van der Waals surface area contributed by atoms with Crippen molar-refractivity contribution < 1.29 is 9.84 Å². The molecule has 0 aliphatic rings. The summed E-state index contributed by atoms with van der Waals surface area (Å²) in [5.41, 5.74) is 2.77. The molecular formula is C24H31NO2. The van der Waals surface area contributed by atoms with Gasteiger partial charge in [-0.3, -0.25) is 0 Å². The lowest BCUT2D eigenvalue weighted by Gasteiger charge is -2.14. The van der Waals surface area contributed by atoms with Gasteiger partial charge in [0, 0.05) is 6.42 Å². The predicted molar refractivity (Wildman–Crippen MR) is 110 cm³/mol. The van der Waals surface area contributed by atoms with Crippen molar-refractivity contribution >= 4 is 0 Å². The Labute approximate surface area is 163 Å². The Morgan fingerprint density at radius 2 is 1.33 bits per heavy atom. The van der Waals surface area contributed by atoms with E-state index in [2.05, 4.69) is 13.0 Å². The van der Waals surface area contributed by atoms with Crippen molar-refractivity contribution in [1.29, 1.82) is 5.26 Å². The zero-order chi connectivity index (χ0) is 19.3. The number of ether oxygens (including phenoxy) is 1. The molecule has 0 aliphatic heterocycles. The van der Waals surface area contributed by atoms with Crippen LogP contribution in [0.25, 0.3) is 11.1 Å². The van der Waals surface area contributed by atoms with Crippen LogP contribution in [0.2, 0.25) is 0 Å². The Morgan fingerprint density at radius 3 is 1.89 bits per heavy atom. The van der Waals surface area contributed by atoms with Crippen LogP contribution in [0.3, 0.4) is 0 Å². The van der Waals surface area contributed by atoms with E-state index >= 15 is 0 Å². The summed E-state index contributed by atoms with van der Waals surface area (Å²) in [5, 5.41) is 18.9. The second kappa shape index (κ2) is 12.1. The molecule has 144 valence electrons. The van der Waals surface area contributed by atoms with E-state index in [4.69, 9.17) is 10.00 Å². The van der Waals surface area contributed by atoms with Crippen molar-refractivity contribution in [3.05, 3.63) is 54.1 Å². The van der Waals surface area contributed by atoms with Gasteiger partial charge in [0.2, 0.25) is 0 Å². The third-order valence-corrected chi connectivity index (χ3v) is 4.78. The van der Waals surface area contributed by atoms with Crippen LogP contribution in [-0.2, 0) is 0 Å². The van der Waals surface area contributed by atoms with Gasteiger partial charge in [0.15, 0.2) is 6.29 Å². The molecule has 0 aliphatic carbocycles. The standard InChI is InChI=1S/C24H31NO2/c1-2-3-4-5-6-7-8-9-10-24(26)27-23-17-15-22(16-18-23)21-13-11-20(19-25)12-14-21/h11-18,24,26H,2-10H2,1H3. The van der Waals surface area contributed by atoms with Gasteiger partial charge in [0.25, 0.3) is 0 Å². The molecule has 0 saturated carbocycles. The molecule has 0 radical (unpaired) electrons. The van der Waals surface area contributed by atoms with Gasteiger partial charge < -0.3 is 9.84 Å². The molecule has 0 aromatic heterocycles. The molecule has 0 spiro atoms. The number of hydrogen-bond acceptors (Lipinski definition) is 3. The highest BCUT2D eigenvalue weighted by molar-refractivity contribution is 5.64. The van der Waals surface area contributed by atoms with E-state index in [9.17, 15) is 5.11 Å². The van der Waals surface area contributed by atoms with Crippen LogP contribution in [0.1, 0.15) is 70.3 Å². The Hall–Kier alpha value is -2.31. The highest BCUT2D eigenvalue weighted by atomic mass is 16.6. The molecule has 1 atom stereocenters. The van der Waals surface area contributed by atoms with Crippen molar-refractivity contribution in [3.8, 4) is 22.9 Å². The Morgan fingerprint density at radius 1 is 0.815 bits per heavy atom. The summed E-state index contributed by atoms with van der Waals surface area (Å²) in [5.74, 6) is 0.680. The third kappa shape index (κ3) is 7.85. The lowest BCUT2D eigenvalue weighted by molar-refractivity contribution is -0.0246. The molecule has 0 bridgehead atoms. The molecule has 2 aromatic rings. The van der Waals surface area contributed by atoms with E-state index in [1.807, 2.05) is 48.5 Å². The summed E-state index contributed by atoms with van der Waals surface area (Å²) in [7, 11) is 0. The Kier molecular flexibility index (Phi) is 9.44. The second-order valence-electron chi connectivity index (χ2n) is 7.05. The number of unbranched alkanes of at least 4 members (excludes halogenated alkanes) is 7. The van der Waals surface area contributed by atoms with Gasteiger partial charge >= 0.3 is 0 Å². The van der Waals surface area contributed by atoms with E-state index in [0.29, 0.717) is 17.7 Å². The third-order valence-electron chi connectivity index (χ3n) is 4.78. The normalized spacial score (nSPS) is 11.7. The summed E-state index contributed by atoms with van der Waals surface area (Å²) < 4.78 is 5.61. The number of aliphatic hydroxyl groups is 1. The van der Waals surface area contributed by atoms with Gasteiger partial charge in [0.1, 0.15) is 5.75 Å².